The third kappa shape index (κ3) is 3.38. The van der Waals surface area contributed by atoms with Crippen LogP contribution in [0.15, 0.2) is 17.1 Å². The lowest BCUT2D eigenvalue weighted by Crippen LogP contribution is -2.32. The number of aromatic nitrogens is 2. The second-order valence-corrected chi connectivity index (χ2v) is 4.68. The van der Waals surface area contributed by atoms with Crippen molar-refractivity contribution in [2.24, 2.45) is 0 Å². The fraction of sp³-hybridized carbons (Fsp3) is 0.615. The highest BCUT2D eigenvalue weighted by molar-refractivity contribution is 5.72. The molecule has 0 spiro atoms. The first-order valence-electron chi connectivity index (χ1n) is 6.74. The molecular weight excluding hydrogens is 281 g/mol. The van der Waals surface area contributed by atoms with E-state index in [1.165, 1.54) is 12.3 Å². The van der Waals surface area contributed by atoms with Crippen LogP contribution in [0, 0.1) is 0 Å². The van der Waals surface area contributed by atoms with Gasteiger partial charge in [0, 0.05) is 26.3 Å². The van der Waals surface area contributed by atoms with Crippen molar-refractivity contribution in [1.82, 2.24) is 9.78 Å². The molecule has 0 saturated carbocycles. The van der Waals surface area contributed by atoms with E-state index in [0.29, 0.717) is 16.9 Å². The normalized spacial score (nSPS) is 19.6. The van der Waals surface area contributed by atoms with Gasteiger partial charge in [0.05, 0.1) is 24.6 Å². The summed E-state index contributed by atoms with van der Waals surface area (Å²) in [5.41, 5.74) is -0.0965. The van der Waals surface area contributed by atoms with Crippen LogP contribution in [0.4, 0.5) is 10.1 Å². The van der Waals surface area contributed by atoms with Gasteiger partial charge < -0.3 is 14.4 Å². The van der Waals surface area contributed by atoms with Crippen molar-refractivity contribution in [3.05, 3.63) is 22.6 Å². The molecule has 116 valence electrons. The lowest BCUT2D eigenvalue weighted by molar-refractivity contribution is -0.153. The second kappa shape index (κ2) is 6.66. The van der Waals surface area contributed by atoms with E-state index in [4.69, 9.17) is 4.74 Å². The van der Waals surface area contributed by atoms with Crippen LogP contribution in [-0.4, -0.2) is 48.7 Å². The summed E-state index contributed by atoms with van der Waals surface area (Å²) in [6.07, 6.45) is 0.108. The molecule has 1 saturated heterocycles. The maximum Gasteiger partial charge on any atom is 0.363 e. The van der Waals surface area contributed by atoms with Gasteiger partial charge in [0.2, 0.25) is 0 Å². The third-order valence-electron chi connectivity index (χ3n) is 3.35. The summed E-state index contributed by atoms with van der Waals surface area (Å²) < 4.78 is 24.0. The SMILES string of the molecule is CCOC(=O)C(F)n1ncc(N2CCC(OC)C2)cc1=O. The molecule has 0 aliphatic carbocycles. The number of ether oxygens (including phenoxy) is 2. The minimum Gasteiger partial charge on any atom is -0.462 e. The highest BCUT2D eigenvalue weighted by Gasteiger charge is 2.26. The molecule has 0 bridgehead atoms. The number of halogens is 1. The first-order valence-corrected chi connectivity index (χ1v) is 6.74. The molecule has 0 aromatic carbocycles. The Labute approximate surface area is 121 Å². The number of esters is 1. The van der Waals surface area contributed by atoms with E-state index < -0.39 is 17.8 Å². The molecule has 0 N–H and O–H groups in total. The van der Waals surface area contributed by atoms with Crippen molar-refractivity contribution in [1.29, 1.82) is 0 Å². The molecule has 2 rings (SSSR count). The summed E-state index contributed by atoms with van der Waals surface area (Å²) >= 11 is 0. The number of hydrogen-bond donors (Lipinski definition) is 0. The summed E-state index contributed by atoms with van der Waals surface area (Å²) in [5.74, 6) is -1.12. The zero-order valence-electron chi connectivity index (χ0n) is 12.0. The number of rotatable bonds is 5. The van der Waals surface area contributed by atoms with Crippen molar-refractivity contribution in [3.63, 3.8) is 0 Å². The Balaban J connectivity index is 2.14. The van der Waals surface area contributed by atoms with Crippen molar-refractivity contribution < 1.29 is 18.7 Å². The van der Waals surface area contributed by atoms with Crippen LogP contribution in [0.25, 0.3) is 0 Å². The van der Waals surface area contributed by atoms with Gasteiger partial charge in [-0.1, -0.05) is 0 Å². The van der Waals surface area contributed by atoms with Gasteiger partial charge in [-0.25, -0.2) is 9.18 Å². The number of hydrogen-bond acceptors (Lipinski definition) is 6. The van der Waals surface area contributed by atoms with Crippen molar-refractivity contribution in [3.8, 4) is 0 Å². The number of anilines is 1. The van der Waals surface area contributed by atoms with Crippen LogP contribution < -0.4 is 10.5 Å². The van der Waals surface area contributed by atoms with Gasteiger partial charge in [-0.05, 0) is 13.3 Å². The second-order valence-electron chi connectivity index (χ2n) is 4.68. The van der Waals surface area contributed by atoms with Crippen molar-refractivity contribution >= 4 is 11.7 Å². The predicted molar refractivity (Wildman–Crippen MR) is 72.9 cm³/mol. The summed E-state index contributed by atoms with van der Waals surface area (Å²) in [5, 5.41) is 3.72. The van der Waals surface area contributed by atoms with E-state index in [1.807, 2.05) is 4.90 Å². The Morgan fingerprint density at radius 2 is 2.38 bits per heavy atom. The molecule has 2 heterocycles. The molecular formula is C13H18FN3O4. The van der Waals surface area contributed by atoms with Crippen LogP contribution >= 0.6 is 0 Å². The quantitative estimate of drug-likeness (QED) is 0.737. The molecule has 1 aliphatic rings. The molecule has 1 aromatic rings. The smallest absolute Gasteiger partial charge is 0.363 e. The monoisotopic (exact) mass is 299 g/mol. The maximum atomic E-state index is 13.8. The molecule has 7 nitrogen and oxygen atoms in total. The molecule has 0 radical (unpaired) electrons. The molecule has 21 heavy (non-hydrogen) atoms. The molecule has 2 atom stereocenters. The summed E-state index contributed by atoms with van der Waals surface area (Å²) in [7, 11) is 1.64. The summed E-state index contributed by atoms with van der Waals surface area (Å²) in [4.78, 5) is 25.1. The minimum absolute atomic E-state index is 0.0400. The Bertz CT molecular complexity index is 563. The lowest BCUT2D eigenvalue weighted by atomic mass is 10.3. The number of carbonyl (C=O) groups excluding carboxylic acids is 1. The summed E-state index contributed by atoms with van der Waals surface area (Å²) in [6, 6.07) is 1.26. The number of nitrogens with zero attached hydrogens (tertiary/aromatic N) is 3. The van der Waals surface area contributed by atoms with Crippen LogP contribution in [0.1, 0.15) is 19.6 Å². The van der Waals surface area contributed by atoms with E-state index in [0.717, 1.165) is 13.0 Å². The lowest BCUT2D eigenvalue weighted by Gasteiger charge is -2.18. The largest absolute Gasteiger partial charge is 0.462 e. The van der Waals surface area contributed by atoms with Gasteiger partial charge >= 0.3 is 5.97 Å². The van der Waals surface area contributed by atoms with E-state index in [2.05, 4.69) is 9.84 Å². The zero-order valence-corrected chi connectivity index (χ0v) is 12.0. The molecule has 2 unspecified atom stereocenters. The standard InChI is InChI=1S/C13H18FN3O4/c1-3-21-13(19)12(14)17-11(18)6-9(7-15-17)16-5-4-10(8-16)20-2/h6-7,10,12H,3-5,8H2,1-2H3. The van der Waals surface area contributed by atoms with Crippen molar-refractivity contribution in [2.45, 2.75) is 25.7 Å². The number of carbonyl (C=O) groups is 1. The van der Waals surface area contributed by atoms with Crippen LogP contribution in [0.5, 0.6) is 0 Å². The topological polar surface area (TPSA) is 73.7 Å². The average Bonchev–Trinajstić information content (AvgIpc) is 2.95. The predicted octanol–water partition coefficient (Wildman–Crippen LogP) is 0.500. The van der Waals surface area contributed by atoms with Gasteiger partial charge in [-0.3, -0.25) is 4.79 Å². The van der Waals surface area contributed by atoms with Gasteiger partial charge in [0.25, 0.3) is 11.9 Å². The highest BCUT2D eigenvalue weighted by Crippen LogP contribution is 2.19. The molecule has 1 aliphatic heterocycles. The van der Waals surface area contributed by atoms with Crippen molar-refractivity contribution in [2.75, 3.05) is 31.7 Å². The first kappa shape index (κ1) is 15.4. The fourth-order valence-electron chi connectivity index (χ4n) is 2.22. The van der Waals surface area contributed by atoms with Crippen LogP contribution in [0.3, 0.4) is 0 Å². The fourth-order valence-corrected chi connectivity index (χ4v) is 2.22. The Hall–Kier alpha value is -1.96. The highest BCUT2D eigenvalue weighted by atomic mass is 19.1. The number of alkyl halides is 1. The van der Waals surface area contributed by atoms with Gasteiger partial charge in [-0.15, -0.1) is 0 Å². The molecule has 0 amide bonds. The van der Waals surface area contributed by atoms with Gasteiger partial charge in [-0.2, -0.15) is 9.78 Å². The molecule has 1 aromatic heterocycles. The van der Waals surface area contributed by atoms with E-state index in [1.54, 1.807) is 14.0 Å². The average molecular weight is 299 g/mol. The van der Waals surface area contributed by atoms with Crippen LogP contribution in [0.2, 0.25) is 0 Å². The Morgan fingerprint density at radius 1 is 1.62 bits per heavy atom. The van der Waals surface area contributed by atoms with E-state index >= 15 is 0 Å². The zero-order chi connectivity index (χ0) is 15.4. The Morgan fingerprint density at radius 3 is 2.95 bits per heavy atom. The molecule has 8 heteroatoms. The van der Waals surface area contributed by atoms with E-state index in [-0.39, 0.29) is 12.7 Å². The minimum atomic E-state index is -2.23. The van der Waals surface area contributed by atoms with E-state index in [9.17, 15) is 14.0 Å². The van der Waals surface area contributed by atoms with Crippen LogP contribution in [-0.2, 0) is 14.3 Å². The number of methoxy groups -OCH3 is 1. The third-order valence-corrected chi connectivity index (χ3v) is 3.35. The van der Waals surface area contributed by atoms with Gasteiger partial charge in [0.1, 0.15) is 0 Å². The first-order chi connectivity index (χ1) is 10.1. The van der Waals surface area contributed by atoms with Gasteiger partial charge in [0.15, 0.2) is 0 Å². The Kier molecular flexibility index (Phi) is 4.89. The molecule has 1 fully saturated rings. The summed E-state index contributed by atoms with van der Waals surface area (Å²) in [6.45, 7) is 2.99. The maximum absolute atomic E-state index is 13.8.